The van der Waals surface area contributed by atoms with Crippen molar-refractivity contribution in [2.45, 2.75) is 26.1 Å². The zero-order valence-electron chi connectivity index (χ0n) is 16.4. The average molecular weight is 436 g/mol. The van der Waals surface area contributed by atoms with Crippen molar-refractivity contribution in [1.82, 2.24) is 9.88 Å². The van der Waals surface area contributed by atoms with Gasteiger partial charge in [0.05, 0.1) is 24.4 Å². The van der Waals surface area contributed by atoms with E-state index in [1.807, 2.05) is 6.07 Å². The standard InChI is InChI=1S/C19H17F3N4O2.CH2O2/c1-2-28-18(27)26-7-6-15-14(10-26)16(13(9-23)17(24)25-15)11-4-3-5-12(8-11)19(20,21)22;2-1-3/h3-5,8H,2,6-7,10H2,1H3,(H2,24,25);1H,(H,2,3). The molecule has 0 saturated heterocycles. The number of nitrogens with two attached hydrogens (primary N) is 1. The van der Waals surface area contributed by atoms with Gasteiger partial charge < -0.3 is 20.5 Å². The summed E-state index contributed by atoms with van der Waals surface area (Å²) in [4.78, 5) is 26.1. The number of halogens is 3. The molecule has 1 aromatic carbocycles. The number of pyridine rings is 1. The number of alkyl halides is 3. The summed E-state index contributed by atoms with van der Waals surface area (Å²) in [6.45, 7) is 2.04. The lowest BCUT2D eigenvalue weighted by Gasteiger charge is -2.30. The van der Waals surface area contributed by atoms with Gasteiger partial charge in [0.15, 0.2) is 0 Å². The minimum absolute atomic E-state index is 0.0104. The van der Waals surface area contributed by atoms with Gasteiger partial charge in [-0.25, -0.2) is 9.78 Å². The quantitative estimate of drug-likeness (QED) is 0.690. The predicted molar refractivity (Wildman–Crippen MR) is 104 cm³/mol. The molecule has 0 aliphatic carbocycles. The first kappa shape index (κ1) is 23.5. The summed E-state index contributed by atoms with van der Waals surface area (Å²) in [7, 11) is 0. The summed E-state index contributed by atoms with van der Waals surface area (Å²) in [5.74, 6) is -0.0433. The first-order valence-electron chi connectivity index (χ1n) is 9.06. The molecule has 8 nitrogen and oxygen atoms in total. The molecule has 1 aliphatic heterocycles. The molecular formula is C20H19F3N4O4. The van der Waals surface area contributed by atoms with E-state index < -0.39 is 17.8 Å². The third-order valence-corrected chi connectivity index (χ3v) is 4.50. The lowest BCUT2D eigenvalue weighted by atomic mass is 9.90. The number of ether oxygens (including phenoxy) is 1. The Hall–Kier alpha value is -3.81. The van der Waals surface area contributed by atoms with E-state index in [1.165, 1.54) is 17.0 Å². The molecule has 0 atom stereocenters. The number of hydrogen-bond acceptors (Lipinski definition) is 6. The summed E-state index contributed by atoms with van der Waals surface area (Å²) >= 11 is 0. The number of nitrogens with zero attached hydrogens (tertiary/aromatic N) is 3. The number of carboxylic acid groups (broad SMARTS) is 1. The van der Waals surface area contributed by atoms with Crippen LogP contribution in [0.3, 0.4) is 0 Å². The Kier molecular flexibility index (Phi) is 7.42. The zero-order valence-corrected chi connectivity index (χ0v) is 16.4. The molecule has 2 heterocycles. The molecule has 0 radical (unpaired) electrons. The number of carbonyl (C=O) groups excluding carboxylic acids is 1. The molecule has 11 heteroatoms. The second kappa shape index (κ2) is 9.80. The number of nitriles is 1. The molecule has 0 fully saturated rings. The van der Waals surface area contributed by atoms with Gasteiger partial charge >= 0.3 is 12.3 Å². The molecule has 2 aromatic rings. The Bertz CT molecular complexity index is 1020. The van der Waals surface area contributed by atoms with E-state index >= 15 is 0 Å². The first-order valence-corrected chi connectivity index (χ1v) is 9.06. The lowest BCUT2D eigenvalue weighted by Crippen LogP contribution is -2.37. The molecule has 0 bridgehead atoms. The zero-order chi connectivity index (χ0) is 23.2. The highest BCUT2D eigenvalue weighted by molar-refractivity contribution is 5.80. The van der Waals surface area contributed by atoms with E-state index in [-0.39, 0.29) is 42.1 Å². The van der Waals surface area contributed by atoms with Crippen LogP contribution in [-0.2, 0) is 28.7 Å². The van der Waals surface area contributed by atoms with Crippen molar-refractivity contribution in [2.75, 3.05) is 18.9 Å². The maximum atomic E-state index is 13.2. The van der Waals surface area contributed by atoms with Crippen LogP contribution >= 0.6 is 0 Å². The number of anilines is 1. The molecule has 3 rings (SSSR count). The van der Waals surface area contributed by atoms with Gasteiger partial charge in [0, 0.05) is 24.1 Å². The van der Waals surface area contributed by atoms with Gasteiger partial charge in [-0.2, -0.15) is 18.4 Å². The van der Waals surface area contributed by atoms with Crippen LogP contribution < -0.4 is 5.73 Å². The first-order chi connectivity index (χ1) is 14.7. The number of aromatic nitrogens is 1. The van der Waals surface area contributed by atoms with Crippen LogP contribution in [0.1, 0.15) is 29.3 Å². The molecule has 3 N–H and O–H groups in total. The Morgan fingerprint density at radius 2 is 2.13 bits per heavy atom. The molecule has 164 valence electrons. The molecule has 1 aromatic heterocycles. The average Bonchev–Trinajstić information content (AvgIpc) is 2.72. The minimum Gasteiger partial charge on any atom is -0.483 e. The van der Waals surface area contributed by atoms with Crippen LogP contribution in [0.5, 0.6) is 0 Å². The molecule has 0 unspecified atom stereocenters. The van der Waals surface area contributed by atoms with Crippen LogP contribution in [0.2, 0.25) is 0 Å². The van der Waals surface area contributed by atoms with Crippen LogP contribution in [0, 0.1) is 11.3 Å². The summed E-state index contributed by atoms with van der Waals surface area (Å²) < 4.78 is 44.5. The summed E-state index contributed by atoms with van der Waals surface area (Å²) in [6, 6.07) is 6.62. The predicted octanol–water partition coefficient (Wildman–Crippen LogP) is 3.44. The largest absolute Gasteiger partial charge is 0.483 e. The van der Waals surface area contributed by atoms with Gasteiger partial charge in [-0.05, 0) is 24.6 Å². The normalized spacial score (nSPS) is 12.7. The highest BCUT2D eigenvalue weighted by Gasteiger charge is 2.32. The topological polar surface area (TPSA) is 130 Å². The van der Waals surface area contributed by atoms with E-state index in [9.17, 15) is 23.2 Å². The van der Waals surface area contributed by atoms with Crippen molar-refractivity contribution in [3.8, 4) is 17.2 Å². The van der Waals surface area contributed by atoms with E-state index in [0.29, 0.717) is 24.2 Å². The number of nitrogen functional groups attached to an aromatic ring is 1. The maximum absolute atomic E-state index is 13.2. The molecule has 0 spiro atoms. The monoisotopic (exact) mass is 436 g/mol. The van der Waals surface area contributed by atoms with Gasteiger partial charge in [0.1, 0.15) is 17.5 Å². The van der Waals surface area contributed by atoms with Gasteiger partial charge in [-0.15, -0.1) is 0 Å². The number of amides is 1. The Labute approximate surface area is 175 Å². The van der Waals surface area contributed by atoms with E-state index in [0.717, 1.165) is 12.1 Å². The number of hydrogen-bond donors (Lipinski definition) is 2. The van der Waals surface area contributed by atoms with Crippen molar-refractivity contribution in [2.24, 2.45) is 0 Å². The lowest BCUT2D eigenvalue weighted by molar-refractivity contribution is -0.137. The van der Waals surface area contributed by atoms with Crippen molar-refractivity contribution in [3.05, 3.63) is 46.6 Å². The highest BCUT2D eigenvalue weighted by atomic mass is 19.4. The number of rotatable bonds is 2. The van der Waals surface area contributed by atoms with Gasteiger partial charge in [-0.3, -0.25) is 4.79 Å². The van der Waals surface area contributed by atoms with Crippen LogP contribution in [0.25, 0.3) is 11.1 Å². The Morgan fingerprint density at radius 1 is 1.45 bits per heavy atom. The van der Waals surface area contributed by atoms with E-state index in [2.05, 4.69) is 4.98 Å². The number of fused-ring (bicyclic) bond motifs is 1. The summed E-state index contributed by atoms with van der Waals surface area (Å²) in [6.07, 6.45) is -4.70. The van der Waals surface area contributed by atoms with Gasteiger partial charge in [0.25, 0.3) is 6.47 Å². The van der Waals surface area contributed by atoms with Crippen LogP contribution in [0.4, 0.5) is 23.8 Å². The Balaban J connectivity index is 0.00000107. The number of benzene rings is 1. The van der Waals surface area contributed by atoms with Gasteiger partial charge in [0.2, 0.25) is 0 Å². The third-order valence-electron chi connectivity index (χ3n) is 4.50. The van der Waals surface area contributed by atoms with Crippen LogP contribution in [-0.4, -0.2) is 40.7 Å². The maximum Gasteiger partial charge on any atom is 0.416 e. The third kappa shape index (κ3) is 5.22. The fourth-order valence-corrected chi connectivity index (χ4v) is 3.23. The van der Waals surface area contributed by atoms with E-state index in [4.69, 9.17) is 20.4 Å². The number of carbonyl (C=O) groups is 2. The minimum atomic E-state index is -4.53. The van der Waals surface area contributed by atoms with Crippen molar-refractivity contribution in [1.29, 1.82) is 5.26 Å². The van der Waals surface area contributed by atoms with Gasteiger partial charge in [-0.1, -0.05) is 12.1 Å². The molecule has 1 aliphatic rings. The highest BCUT2D eigenvalue weighted by Crippen LogP contribution is 2.38. The van der Waals surface area contributed by atoms with Crippen molar-refractivity contribution in [3.63, 3.8) is 0 Å². The van der Waals surface area contributed by atoms with Crippen molar-refractivity contribution >= 4 is 18.4 Å². The van der Waals surface area contributed by atoms with E-state index in [1.54, 1.807) is 6.92 Å². The molecule has 1 amide bonds. The summed E-state index contributed by atoms with van der Waals surface area (Å²) in [5.41, 5.74) is 6.58. The second-order valence-corrected chi connectivity index (χ2v) is 6.34. The summed E-state index contributed by atoms with van der Waals surface area (Å²) in [5, 5.41) is 16.4. The van der Waals surface area contributed by atoms with Crippen molar-refractivity contribution < 1.29 is 32.6 Å². The Morgan fingerprint density at radius 3 is 2.71 bits per heavy atom. The smallest absolute Gasteiger partial charge is 0.416 e. The second-order valence-electron chi connectivity index (χ2n) is 6.34. The molecule has 0 saturated carbocycles. The fourth-order valence-electron chi connectivity index (χ4n) is 3.23. The van der Waals surface area contributed by atoms with Crippen LogP contribution in [0.15, 0.2) is 24.3 Å². The molecular weight excluding hydrogens is 417 g/mol. The fraction of sp³-hybridized carbons (Fsp3) is 0.300. The molecule has 31 heavy (non-hydrogen) atoms. The SMILES string of the molecule is CCOC(=O)N1CCc2nc(N)c(C#N)c(-c3cccc(C(F)(F)F)c3)c2C1.O=CO.